The summed E-state index contributed by atoms with van der Waals surface area (Å²) in [6, 6.07) is 0. The van der Waals surface area contributed by atoms with Gasteiger partial charge in [0.05, 0.1) is 6.61 Å². The van der Waals surface area contributed by atoms with Gasteiger partial charge in [-0.3, -0.25) is 0 Å². The Hall–Kier alpha value is 0.682. The molecule has 0 amide bonds. The summed E-state index contributed by atoms with van der Waals surface area (Å²) in [7, 11) is 0. The molecule has 5 atom stereocenters. The van der Waals surface area contributed by atoms with E-state index in [0.717, 1.165) is 0 Å². The molecule has 0 aromatic carbocycles. The van der Waals surface area contributed by atoms with Crippen LogP contribution in [0.3, 0.4) is 0 Å². The Kier molecular flexibility index (Phi) is 5.83. The van der Waals surface area contributed by atoms with Crippen LogP contribution >= 0.6 is 0 Å². The van der Waals surface area contributed by atoms with Crippen molar-refractivity contribution in [2.75, 3.05) is 6.61 Å². The van der Waals surface area contributed by atoms with E-state index in [9.17, 15) is 0 Å². The van der Waals surface area contributed by atoms with Gasteiger partial charge in [-0.1, -0.05) is 0 Å². The standard InChI is InChI=1S/C6H12O6.Pb/c7-1-2-3(8)4(9)5(10)6(11)12-2;/h2-11H,1H2;/t2-,3+,4+,5-,6?;/m1./s1. The van der Waals surface area contributed by atoms with Crippen molar-refractivity contribution in [2.45, 2.75) is 30.7 Å². The number of hydrogen-bond donors (Lipinski definition) is 5. The first-order valence-electron chi connectivity index (χ1n) is 3.56. The zero-order chi connectivity index (χ0) is 9.30. The number of aliphatic hydroxyl groups is 5. The van der Waals surface area contributed by atoms with Crippen molar-refractivity contribution < 1.29 is 30.3 Å². The summed E-state index contributed by atoms with van der Waals surface area (Å²) >= 11 is 0. The molecule has 0 aliphatic carbocycles. The Bertz CT molecular complexity index is 151. The van der Waals surface area contributed by atoms with Crippen LogP contribution < -0.4 is 0 Å². The van der Waals surface area contributed by atoms with Crippen molar-refractivity contribution in [2.24, 2.45) is 0 Å². The smallest absolute Gasteiger partial charge is 0.184 e. The average Bonchev–Trinajstić information content (AvgIpc) is 2.08. The van der Waals surface area contributed by atoms with Gasteiger partial charge in [-0.05, 0) is 0 Å². The molecule has 4 radical (unpaired) electrons. The molecule has 1 aliphatic heterocycles. The fraction of sp³-hybridized carbons (Fsp3) is 1.00. The molecular formula is C6H12O6Pb. The van der Waals surface area contributed by atoms with Crippen LogP contribution in [-0.4, -0.2) is 90.1 Å². The van der Waals surface area contributed by atoms with Gasteiger partial charge in [-0.25, -0.2) is 0 Å². The van der Waals surface area contributed by atoms with Gasteiger partial charge in [-0.2, -0.15) is 0 Å². The van der Waals surface area contributed by atoms with E-state index in [4.69, 9.17) is 25.5 Å². The molecule has 0 saturated carbocycles. The van der Waals surface area contributed by atoms with Gasteiger partial charge in [-0.15, -0.1) is 0 Å². The molecule has 1 fully saturated rings. The number of ether oxygens (including phenoxy) is 1. The summed E-state index contributed by atoms with van der Waals surface area (Å²) in [5, 5.41) is 44.7. The Labute approximate surface area is 94.9 Å². The fourth-order valence-corrected chi connectivity index (χ4v) is 1.08. The number of aliphatic hydroxyl groups excluding tert-OH is 5. The second-order valence-electron chi connectivity index (χ2n) is 2.72. The summed E-state index contributed by atoms with van der Waals surface area (Å²) in [5.41, 5.74) is 0. The molecule has 1 saturated heterocycles. The minimum atomic E-state index is -1.57. The van der Waals surface area contributed by atoms with E-state index >= 15 is 0 Å². The van der Waals surface area contributed by atoms with Crippen LogP contribution in [-0.2, 0) is 4.74 Å². The molecule has 5 N–H and O–H groups in total. The minimum absolute atomic E-state index is 0. The summed E-state index contributed by atoms with van der Waals surface area (Å²) in [4.78, 5) is 0. The largest absolute Gasteiger partial charge is 0.394 e. The van der Waals surface area contributed by atoms with E-state index in [-0.39, 0.29) is 27.3 Å². The normalized spacial score (nSPS) is 45.5. The van der Waals surface area contributed by atoms with Crippen LogP contribution in [0.25, 0.3) is 0 Å². The predicted octanol–water partition coefficient (Wildman–Crippen LogP) is -3.60. The second-order valence-corrected chi connectivity index (χ2v) is 2.72. The monoisotopic (exact) mass is 388 g/mol. The van der Waals surface area contributed by atoms with Gasteiger partial charge in [0.15, 0.2) is 6.29 Å². The third-order valence-corrected chi connectivity index (χ3v) is 1.87. The van der Waals surface area contributed by atoms with Crippen molar-refractivity contribution in [3.63, 3.8) is 0 Å². The van der Waals surface area contributed by atoms with Crippen LogP contribution in [0.2, 0.25) is 0 Å². The molecule has 76 valence electrons. The van der Waals surface area contributed by atoms with Crippen LogP contribution in [0.5, 0.6) is 0 Å². The Morgan fingerprint density at radius 1 is 0.923 bits per heavy atom. The first-order chi connectivity index (χ1) is 5.57. The van der Waals surface area contributed by atoms with Gasteiger partial charge < -0.3 is 30.3 Å². The Morgan fingerprint density at radius 3 is 1.92 bits per heavy atom. The van der Waals surface area contributed by atoms with E-state index in [1.54, 1.807) is 0 Å². The maximum atomic E-state index is 9.12. The molecule has 1 aliphatic rings. The molecule has 7 heteroatoms. The van der Waals surface area contributed by atoms with Crippen LogP contribution in [0.4, 0.5) is 0 Å². The SMILES string of the molecule is OC[C@H]1OC(O)[C@H](O)[C@@H](O)[C@H]1O.[Pb]. The van der Waals surface area contributed by atoms with E-state index in [0.29, 0.717) is 0 Å². The summed E-state index contributed by atoms with van der Waals surface area (Å²) < 4.78 is 4.58. The van der Waals surface area contributed by atoms with Crippen LogP contribution in [0.15, 0.2) is 0 Å². The molecule has 6 nitrogen and oxygen atoms in total. The zero-order valence-corrected chi connectivity index (χ0v) is 10.6. The van der Waals surface area contributed by atoms with Gasteiger partial charge in [0.2, 0.25) is 0 Å². The Morgan fingerprint density at radius 2 is 1.46 bits per heavy atom. The molecule has 0 bridgehead atoms. The molecule has 1 rings (SSSR count). The quantitative estimate of drug-likeness (QED) is 0.298. The predicted molar refractivity (Wildman–Crippen MR) is 41.7 cm³/mol. The van der Waals surface area contributed by atoms with Crippen molar-refractivity contribution in [1.29, 1.82) is 0 Å². The van der Waals surface area contributed by atoms with Gasteiger partial charge in [0, 0.05) is 27.3 Å². The molecule has 0 aromatic heterocycles. The van der Waals surface area contributed by atoms with E-state index < -0.39 is 37.3 Å². The summed E-state index contributed by atoms with van der Waals surface area (Å²) in [5.74, 6) is 0. The molecule has 1 heterocycles. The maximum absolute atomic E-state index is 9.12. The fourth-order valence-electron chi connectivity index (χ4n) is 1.08. The van der Waals surface area contributed by atoms with Crippen molar-refractivity contribution in [3.8, 4) is 0 Å². The first kappa shape index (κ1) is 13.7. The van der Waals surface area contributed by atoms with E-state index in [1.165, 1.54) is 0 Å². The van der Waals surface area contributed by atoms with E-state index in [2.05, 4.69) is 4.74 Å². The minimum Gasteiger partial charge on any atom is -0.394 e. The molecule has 0 spiro atoms. The summed E-state index contributed by atoms with van der Waals surface area (Å²) in [6.45, 7) is -0.526. The van der Waals surface area contributed by atoms with Crippen molar-refractivity contribution in [1.82, 2.24) is 0 Å². The zero-order valence-electron chi connectivity index (χ0n) is 6.74. The third-order valence-electron chi connectivity index (χ3n) is 1.87. The second kappa shape index (κ2) is 5.54. The Balaban J connectivity index is 0.00000144. The summed E-state index contributed by atoms with van der Waals surface area (Å²) in [6.07, 6.45) is -7.04. The van der Waals surface area contributed by atoms with Gasteiger partial charge in [0.1, 0.15) is 24.4 Å². The molecular weight excluding hydrogens is 375 g/mol. The van der Waals surface area contributed by atoms with E-state index in [1.807, 2.05) is 0 Å². The van der Waals surface area contributed by atoms with Gasteiger partial charge in [0.25, 0.3) is 0 Å². The van der Waals surface area contributed by atoms with Crippen molar-refractivity contribution in [3.05, 3.63) is 0 Å². The van der Waals surface area contributed by atoms with Gasteiger partial charge >= 0.3 is 0 Å². The molecule has 0 aromatic rings. The third kappa shape index (κ3) is 2.81. The topological polar surface area (TPSA) is 110 Å². The molecule has 1 unspecified atom stereocenters. The maximum Gasteiger partial charge on any atom is 0.184 e. The molecule has 13 heavy (non-hydrogen) atoms. The van der Waals surface area contributed by atoms with Crippen LogP contribution in [0, 0.1) is 0 Å². The first-order valence-corrected chi connectivity index (χ1v) is 3.56. The number of hydrogen-bond acceptors (Lipinski definition) is 6. The van der Waals surface area contributed by atoms with Crippen LogP contribution in [0.1, 0.15) is 0 Å². The number of rotatable bonds is 1. The average molecular weight is 387 g/mol. The van der Waals surface area contributed by atoms with Crippen molar-refractivity contribution >= 4 is 27.3 Å².